The van der Waals surface area contributed by atoms with Gasteiger partial charge in [0.15, 0.2) is 0 Å². The van der Waals surface area contributed by atoms with E-state index in [2.05, 4.69) is 32.0 Å². The molecule has 0 bridgehead atoms. The number of rotatable bonds is 4. The minimum absolute atomic E-state index is 0.104. The first-order valence-electron chi connectivity index (χ1n) is 10.7. The second-order valence-corrected chi connectivity index (χ2v) is 11.4. The number of phenols is 1. The van der Waals surface area contributed by atoms with Gasteiger partial charge in [0.25, 0.3) is 0 Å². The van der Waals surface area contributed by atoms with Crippen LogP contribution in [-0.2, 0) is 15.6 Å². The largest absolute Gasteiger partial charge is 0.507 e. The average Bonchev–Trinajstić information content (AvgIpc) is 2.72. The van der Waals surface area contributed by atoms with Gasteiger partial charge in [-0.2, -0.15) is 0 Å². The van der Waals surface area contributed by atoms with Gasteiger partial charge in [0.1, 0.15) is 17.1 Å². The van der Waals surface area contributed by atoms with E-state index in [0.717, 1.165) is 11.1 Å². The van der Waals surface area contributed by atoms with Crippen LogP contribution in [0.25, 0.3) is 22.3 Å². The maximum Gasteiger partial charge on any atom is 0.242 e. The lowest BCUT2D eigenvalue weighted by Crippen LogP contribution is -2.29. The van der Waals surface area contributed by atoms with Crippen LogP contribution in [0.2, 0.25) is 0 Å². The number of nitrogens with zero attached hydrogens (tertiary/aromatic N) is 1. The van der Waals surface area contributed by atoms with E-state index in [1.165, 1.54) is 24.0 Å². The molecule has 0 radical (unpaired) electrons. The van der Waals surface area contributed by atoms with Gasteiger partial charge in [-0.15, -0.1) is 0 Å². The smallest absolute Gasteiger partial charge is 0.242 e. The molecule has 1 aliphatic heterocycles. The minimum atomic E-state index is -3.57. The van der Waals surface area contributed by atoms with Crippen LogP contribution in [0.5, 0.6) is 11.5 Å². The zero-order valence-corrected chi connectivity index (χ0v) is 20.1. The molecule has 1 aliphatic rings. The highest BCUT2D eigenvalue weighted by Gasteiger charge is 2.35. The monoisotopic (exact) mass is 451 g/mol. The number of aromatic hydroxyl groups is 1. The van der Waals surface area contributed by atoms with Crippen molar-refractivity contribution >= 4 is 10.0 Å². The van der Waals surface area contributed by atoms with E-state index >= 15 is 0 Å². The van der Waals surface area contributed by atoms with E-state index in [1.54, 1.807) is 24.3 Å². The second kappa shape index (κ2) is 7.64. The first kappa shape index (κ1) is 22.4. The second-order valence-electron chi connectivity index (χ2n) is 9.26. The number of sulfonamides is 1. The molecule has 0 fully saturated rings. The molecule has 5 nitrogen and oxygen atoms in total. The summed E-state index contributed by atoms with van der Waals surface area (Å²) in [4.78, 5) is 0.199. The van der Waals surface area contributed by atoms with Crippen molar-refractivity contribution in [1.29, 1.82) is 0 Å². The Morgan fingerprint density at radius 2 is 1.69 bits per heavy atom. The van der Waals surface area contributed by atoms with E-state index in [1.807, 2.05) is 26.0 Å². The predicted molar refractivity (Wildman–Crippen MR) is 128 cm³/mol. The van der Waals surface area contributed by atoms with Gasteiger partial charge in [-0.1, -0.05) is 44.2 Å². The van der Waals surface area contributed by atoms with Crippen molar-refractivity contribution in [3.05, 3.63) is 65.7 Å². The van der Waals surface area contributed by atoms with Gasteiger partial charge in [0, 0.05) is 19.7 Å². The van der Waals surface area contributed by atoms with Crippen LogP contribution in [0, 0.1) is 0 Å². The summed E-state index contributed by atoms with van der Waals surface area (Å²) in [6.45, 7) is 8.35. The average molecular weight is 452 g/mol. The topological polar surface area (TPSA) is 66.8 Å². The molecule has 0 amide bonds. The Morgan fingerprint density at radius 1 is 0.969 bits per heavy atom. The number of fused-ring (bicyclic) bond motifs is 3. The van der Waals surface area contributed by atoms with Crippen LogP contribution in [0.4, 0.5) is 0 Å². The van der Waals surface area contributed by atoms with Crippen molar-refractivity contribution in [2.45, 2.75) is 44.1 Å². The van der Waals surface area contributed by atoms with E-state index < -0.39 is 15.6 Å². The van der Waals surface area contributed by atoms with Gasteiger partial charge in [-0.3, -0.25) is 0 Å². The van der Waals surface area contributed by atoms with Crippen LogP contribution < -0.4 is 4.74 Å². The highest BCUT2D eigenvalue weighted by Crippen LogP contribution is 2.51. The molecular formula is C26H29NO4S. The van der Waals surface area contributed by atoms with Gasteiger partial charge < -0.3 is 9.84 Å². The Bertz CT molecular complexity index is 1310. The maximum absolute atomic E-state index is 12.6. The molecule has 0 saturated carbocycles. The molecular weight excluding hydrogens is 422 g/mol. The third kappa shape index (κ3) is 3.67. The molecule has 0 saturated heterocycles. The summed E-state index contributed by atoms with van der Waals surface area (Å²) in [7, 11) is -0.556. The van der Waals surface area contributed by atoms with Crippen LogP contribution >= 0.6 is 0 Å². The van der Waals surface area contributed by atoms with Crippen molar-refractivity contribution in [2.24, 2.45) is 0 Å². The molecule has 0 atom stereocenters. The van der Waals surface area contributed by atoms with Gasteiger partial charge >= 0.3 is 0 Å². The molecule has 1 N–H and O–H groups in total. The standard InChI is InChI=1S/C26H29NO4S/c1-16(2)17-10-11-21-22(13-17)26(3,4)31-24-15-19(14-23(28)25(21)24)18-8-7-9-20(12-18)32(29,30)27(5)6/h7-16,28H,1-6H3. The van der Waals surface area contributed by atoms with Crippen molar-refractivity contribution < 1.29 is 18.3 Å². The summed E-state index contributed by atoms with van der Waals surface area (Å²) in [6, 6.07) is 16.6. The van der Waals surface area contributed by atoms with Crippen LogP contribution in [-0.4, -0.2) is 31.9 Å². The van der Waals surface area contributed by atoms with Crippen molar-refractivity contribution in [2.75, 3.05) is 14.1 Å². The molecule has 4 rings (SSSR count). The highest BCUT2D eigenvalue weighted by molar-refractivity contribution is 7.89. The Balaban J connectivity index is 1.87. The number of ether oxygens (including phenoxy) is 1. The molecule has 168 valence electrons. The number of hydrogen-bond acceptors (Lipinski definition) is 4. The van der Waals surface area contributed by atoms with Gasteiger partial charge in [0.2, 0.25) is 10.0 Å². The van der Waals surface area contributed by atoms with E-state index in [0.29, 0.717) is 28.4 Å². The fraction of sp³-hybridized carbons (Fsp3) is 0.308. The van der Waals surface area contributed by atoms with E-state index in [9.17, 15) is 13.5 Å². The molecule has 0 spiro atoms. The molecule has 1 heterocycles. The quantitative estimate of drug-likeness (QED) is 0.550. The molecule has 3 aromatic carbocycles. The predicted octanol–water partition coefficient (Wildman–Crippen LogP) is 5.73. The molecule has 0 aromatic heterocycles. The lowest BCUT2D eigenvalue weighted by atomic mass is 9.83. The summed E-state index contributed by atoms with van der Waals surface area (Å²) >= 11 is 0. The first-order valence-corrected chi connectivity index (χ1v) is 12.1. The van der Waals surface area contributed by atoms with Crippen molar-refractivity contribution in [3.63, 3.8) is 0 Å². The van der Waals surface area contributed by atoms with Crippen LogP contribution in [0.1, 0.15) is 44.7 Å². The third-order valence-corrected chi connectivity index (χ3v) is 7.83. The lowest BCUT2D eigenvalue weighted by Gasteiger charge is -2.36. The molecule has 0 unspecified atom stereocenters. The zero-order valence-electron chi connectivity index (χ0n) is 19.3. The number of phenolic OH excluding ortho intramolecular Hbond substituents is 1. The molecule has 32 heavy (non-hydrogen) atoms. The van der Waals surface area contributed by atoms with Gasteiger partial charge in [0.05, 0.1) is 10.5 Å². The summed E-state index contributed by atoms with van der Waals surface area (Å²) in [5.41, 5.74) is 4.68. The summed E-state index contributed by atoms with van der Waals surface area (Å²) in [5.74, 6) is 1.07. The zero-order chi connectivity index (χ0) is 23.4. The number of hydrogen-bond donors (Lipinski definition) is 1. The van der Waals surface area contributed by atoms with Gasteiger partial charge in [-0.25, -0.2) is 12.7 Å². The minimum Gasteiger partial charge on any atom is -0.507 e. The Kier molecular flexibility index (Phi) is 5.34. The summed E-state index contributed by atoms with van der Waals surface area (Å²) in [6.07, 6.45) is 0. The summed E-state index contributed by atoms with van der Waals surface area (Å²) < 4.78 is 32.7. The third-order valence-electron chi connectivity index (χ3n) is 6.02. The maximum atomic E-state index is 12.6. The van der Waals surface area contributed by atoms with E-state index in [4.69, 9.17) is 4.74 Å². The van der Waals surface area contributed by atoms with E-state index in [-0.39, 0.29) is 10.6 Å². The van der Waals surface area contributed by atoms with Crippen molar-refractivity contribution in [3.8, 4) is 33.8 Å². The molecule has 0 aliphatic carbocycles. The van der Waals surface area contributed by atoms with Gasteiger partial charge in [-0.05, 0) is 66.3 Å². The highest BCUT2D eigenvalue weighted by atomic mass is 32.2. The SMILES string of the molecule is CC(C)c1ccc2c(c1)C(C)(C)Oc1cc(-c3cccc(S(=O)(=O)N(C)C)c3)cc(O)c1-2. The fourth-order valence-electron chi connectivity index (χ4n) is 4.13. The lowest BCUT2D eigenvalue weighted by molar-refractivity contribution is 0.105. The number of benzene rings is 3. The normalized spacial score (nSPS) is 14.8. The molecule has 6 heteroatoms. The Morgan fingerprint density at radius 3 is 2.34 bits per heavy atom. The molecule has 3 aromatic rings. The van der Waals surface area contributed by atoms with Crippen molar-refractivity contribution in [1.82, 2.24) is 4.31 Å². The van der Waals surface area contributed by atoms with Crippen LogP contribution in [0.3, 0.4) is 0 Å². The Labute approximate surface area is 190 Å². The fourth-order valence-corrected chi connectivity index (χ4v) is 5.08. The summed E-state index contributed by atoms with van der Waals surface area (Å²) in [5, 5.41) is 11.0. The first-order chi connectivity index (χ1) is 14.9. The van der Waals surface area contributed by atoms with Crippen LogP contribution in [0.15, 0.2) is 59.5 Å². The Hall–Kier alpha value is -2.83.